The Morgan fingerprint density at radius 1 is 1.20 bits per heavy atom. The van der Waals surface area contributed by atoms with E-state index in [1.807, 2.05) is 0 Å². The number of rotatable bonds is 1. The smallest absolute Gasteiger partial charge is 0.468 e. The average molecular weight is 215 g/mol. The van der Waals surface area contributed by atoms with Gasteiger partial charge < -0.3 is 4.74 Å². The largest absolute Gasteiger partial charge is 0.472 e. The summed E-state index contributed by atoms with van der Waals surface area (Å²) in [7, 11) is 0. The van der Waals surface area contributed by atoms with Crippen molar-refractivity contribution in [2.75, 3.05) is 6.61 Å². The monoisotopic (exact) mass is 215 g/mol. The summed E-state index contributed by atoms with van der Waals surface area (Å²) < 4.78 is 41.1. The van der Waals surface area contributed by atoms with Crippen LogP contribution in [0.1, 0.15) is 11.6 Å². The van der Waals surface area contributed by atoms with Gasteiger partial charge in [0.1, 0.15) is 12.6 Å². The van der Waals surface area contributed by atoms with Crippen molar-refractivity contribution in [1.82, 2.24) is 0 Å². The van der Waals surface area contributed by atoms with Crippen molar-refractivity contribution < 1.29 is 17.9 Å². The Labute approximate surface area is 84.4 Å². The van der Waals surface area contributed by atoms with E-state index in [2.05, 4.69) is 9.73 Å². The molecule has 15 heavy (non-hydrogen) atoms. The van der Waals surface area contributed by atoms with Crippen molar-refractivity contribution in [3.63, 3.8) is 0 Å². The summed E-state index contributed by atoms with van der Waals surface area (Å²) in [5.41, 5.74) is 0.733. The van der Waals surface area contributed by atoms with E-state index < -0.39 is 18.1 Å². The Morgan fingerprint density at radius 3 is 2.40 bits per heavy atom. The highest BCUT2D eigenvalue weighted by molar-refractivity contribution is 5.83. The minimum atomic E-state index is -4.48. The van der Waals surface area contributed by atoms with Crippen molar-refractivity contribution >= 4 is 5.90 Å². The fourth-order valence-corrected chi connectivity index (χ4v) is 1.37. The van der Waals surface area contributed by atoms with E-state index in [9.17, 15) is 13.2 Å². The first kappa shape index (κ1) is 10.0. The summed E-state index contributed by atoms with van der Waals surface area (Å²) in [5, 5.41) is 0. The molecule has 2 rings (SSSR count). The van der Waals surface area contributed by atoms with Gasteiger partial charge in [-0.2, -0.15) is 13.2 Å². The molecule has 0 fully saturated rings. The molecule has 0 spiro atoms. The zero-order chi connectivity index (χ0) is 10.9. The topological polar surface area (TPSA) is 21.6 Å². The van der Waals surface area contributed by atoms with Crippen LogP contribution in [0.5, 0.6) is 0 Å². The maximum absolute atomic E-state index is 12.2. The van der Waals surface area contributed by atoms with Gasteiger partial charge in [-0.15, -0.1) is 0 Å². The second kappa shape index (κ2) is 3.56. The summed E-state index contributed by atoms with van der Waals surface area (Å²) in [4.78, 5) is 3.50. The summed E-state index contributed by atoms with van der Waals surface area (Å²) >= 11 is 0. The minimum Gasteiger partial charge on any atom is -0.472 e. The first-order chi connectivity index (χ1) is 7.07. The van der Waals surface area contributed by atoms with E-state index in [-0.39, 0.29) is 6.61 Å². The van der Waals surface area contributed by atoms with Gasteiger partial charge in [0.15, 0.2) is 0 Å². The second-order valence-electron chi connectivity index (χ2n) is 3.17. The summed E-state index contributed by atoms with van der Waals surface area (Å²) in [6, 6.07) is 8.25. The number of alkyl halides is 3. The van der Waals surface area contributed by atoms with Crippen LogP contribution in [0.2, 0.25) is 0 Å². The second-order valence-corrected chi connectivity index (χ2v) is 3.17. The van der Waals surface area contributed by atoms with Crippen molar-refractivity contribution in [3.8, 4) is 0 Å². The molecule has 2 nitrogen and oxygen atoms in total. The average Bonchev–Trinajstić information content (AvgIpc) is 2.67. The highest BCUT2D eigenvalue weighted by Crippen LogP contribution is 2.29. The maximum atomic E-state index is 12.2. The maximum Gasteiger partial charge on any atom is 0.468 e. The van der Waals surface area contributed by atoms with Gasteiger partial charge in [0, 0.05) is 0 Å². The number of benzene rings is 1. The van der Waals surface area contributed by atoms with Gasteiger partial charge in [-0.1, -0.05) is 30.3 Å². The SMILES string of the molecule is FC(F)(F)C1=N[C@H](c2ccccc2)CO1. The Bertz CT molecular complexity index is 372. The molecule has 0 aliphatic carbocycles. The van der Waals surface area contributed by atoms with E-state index in [1.165, 1.54) is 0 Å². The van der Waals surface area contributed by atoms with Crippen LogP contribution in [0.25, 0.3) is 0 Å². The molecule has 1 aromatic carbocycles. The molecule has 0 unspecified atom stereocenters. The number of nitrogens with zero attached hydrogens (tertiary/aromatic N) is 1. The first-order valence-corrected chi connectivity index (χ1v) is 4.40. The molecular formula is C10H8F3NO. The third-order valence-corrected chi connectivity index (χ3v) is 2.08. The van der Waals surface area contributed by atoms with Crippen LogP contribution in [0.4, 0.5) is 13.2 Å². The van der Waals surface area contributed by atoms with Crippen LogP contribution >= 0.6 is 0 Å². The predicted octanol–water partition coefficient (Wildman–Crippen LogP) is 2.72. The number of hydrogen-bond acceptors (Lipinski definition) is 2. The minimum absolute atomic E-state index is 0.0428. The van der Waals surface area contributed by atoms with Crippen molar-refractivity contribution in [2.45, 2.75) is 12.2 Å². The molecule has 0 amide bonds. The van der Waals surface area contributed by atoms with Gasteiger partial charge in [0.2, 0.25) is 0 Å². The third kappa shape index (κ3) is 2.11. The highest BCUT2D eigenvalue weighted by atomic mass is 19.4. The van der Waals surface area contributed by atoms with Crippen molar-refractivity contribution in [2.24, 2.45) is 4.99 Å². The number of ether oxygens (including phenoxy) is 1. The van der Waals surface area contributed by atoms with Crippen LogP contribution in [-0.4, -0.2) is 18.7 Å². The lowest BCUT2D eigenvalue weighted by molar-refractivity contribution is -0.0753. The molecular weight excluding hydrogens is 207 g/mol. The highest BCUT2D eigenvalue weighted by Gasteiger charge is 2.42. The molecule has 5 heteroatoms. The van der Waals surface area contributed by atoms with Crippen LogP contribution in [0.15, 0.2) is 35.3 Å². The van der Waals surface area contributed by atoms with E-state index in [0.29, 0.717) is 0 Å². The summed E-state index contributed by atoms with van der Waals surface area (Å²) in [5.74, 6) is -1.13. The van der Waals surface area contributed by atoms with E-state index in [1.54, 1.807) is 30.3 Å². The molecule has 0 saturated carbocycles. The van der Waals surface area contributed by atoms with Gasteiger partial charge in [0.05, 0.1) is 0 Å². The summed E-state index contributed by atoms with van der Waals surface area (Å²) in [6.07, 6.45) is -4.48. The molecule has 1 aliphatic rings. The standard InChI is InChI=1S/C10H8F3NO/c11-10(12,13)9-14-8(6-15-9)7-4-2-1-3-5-7/h1-5,8H,6H2/t8-/m0/s1. The molecule has 0 saturated heterocycles. The Kier molecular flexibility index (Phi) is 2.38. The first-order valence-electron chi connectivity index (χ1n) is 4.40. The molecule has 0 aromatic heterocycles. The molecule has 0 N–H and O–H groups in total. The lowest BCUT2D eigenvalue weighted by atomic mass is 10.1. The zero-order valence-corrected chi connectivity index (χ0v) is 7.66. The molecule has 0 bridgehead atoms. The fraction of sp³-hybridized carbons (Fsp3) is 0.300. The van der Waals surface area contributed by atoms with Crippen molar-refractivity contribution in [3.05, 3.63) is 35.9 Å². The Balaban J connectivity index is 2.20. The molecule has 1 aliphatic heterocycles. The lowest BCUT2D eigenvalue weighted by Gasteiger charge is -2.03. The van der Waals surface area contributed by atoms with Gasteiger partial charge in [-0.25, -0.2) is 4.99 Å². The molecule has 1 aromatic rings. The van der Waals surface area contributed by atoms with E-state index in [4.69, 9.17) is 0 Å². The van der Waals surface area contributed by atoms with E-state index >= 15 is 0 Å². The van der Waals surface area contributed by atoms with Crippen molar-refractivity contribution in [1.29, 1.82) is 0 Å². The molecule has 1 heterocycles. The number of aliphatic imine (C=N–C) groups is 1. The number of hydrogen-bond donors (Lipinski definition) is 0. The van der Waals surface area contributed by atoms with Crippen LogP contribution in [0, 0.1) is 0 Å². The quantitative estimate of drug-likeness (QED) is 0.705. The normalized spacial score (nSPS) is 21.0. The third-order valence-electron chi connectivity index (χ3n) is 2.08. The van der Waals surface area contributed by atoms with Gasteiger partial charge >= 0.3 is 6.18 Å². The van der Waals surface area contributed by atoms with Gasteiger partial charge in [0.25, 0.3) is 5.90 Å². The fourth-order valence-electron chi connectivity index (χ4n) is 1.37. The zero-order valence-electron chi connectivity index (χ0n) is 7.66. The lowest BCUT2D eigenvalue weighted by Crippen LogP contribution is -2.22. The summed E-state index contributed by atoms with van der Waals surface area (Å²) in [6.45, 7) is -0.0428. The number of halogens is 3. The predicted molar refractivity (Wildman–Crippen MR) is 48.6 cm³/mol. The molecule has 1 atom stereocenters. The molecule has 80 valence electrons. The van der Waals surface area contributed by atoms with Crippen LogP contribution in [0.3, 0.4) is 0 Å². The van der Waals surface area contributed by atoms with Crippen LogP contribution < -0.4 is 0 Å². The van der Waals surface area contributed by atoms with Gasteiger partial charge in [-0.05, 0) is 5.56 Å². The molecule has 0 radical (unpaired) electrons. The van der Waals surface area contributed by atoms with Crippen LogP contribution in [-0.2, 0) is 4.74 Å². The Hall–Kier alpha value is -1.52. The van der Waals surface area contributed by atoms with E-state index in [0.717, 1.165) is 5.56 Å². The van der Waals surface area contributed by atoms with Gasteiger partial charge in [-0.3, -0.25) is 0 Å². The Morgan fingerprint density at radius 2 is 1.87 bits per heavy atom.